The molecular weight excluding hydrogens is 264 g/mol. The standard InChI is InChI=1S/C18H22O3/c1-12(2)16(14-8-6-7-13(3)9-14)10-15-11-17(19)21-18(4,5)20-15/h6-9,11,16H,1,10H2,2-5H3/t16-/m0/s1. The average molecular weight is 286 g/mol. The van der Waals surface area contributed by atoms with E-state index in [-0.39, 0.29) is 11.9 Å². The van der Waals surface area contributed by atoms with E-state index >= 15 is 0 Å². The van der Waals surface area contributed by atoms with Crippen molar-refractivity contribution in [2.24, 2.45) is 0 Å². The molecular formula is C18H22O3. The molecule has 112 valence electrons. The van der Waals surface area contributed by atoms with Crippen LogP contribution in [0.2, 0.25) is 0 Å². The van der Waals surface area contributed by atoms with Crippen LogP contribution in [-0.4, -0.2) is 11.8 Å². The highest BCUT2D eigenvalue weighted by Crippen LogP contribution is 2.34. The van der Waals surface area contributed by atoms with E-state index < -0.39 is 5.79 Å². The maximum absolute atomic E-state index is 11.6. The van der Waals surface area contributed by atoms with E-state index in [1.54, 1.807) is 13.8 Å². The molecule has 0 radical (unpaired) electrons. The quantitative estimate of drug-likeness (QED) is 0.613. The van der Waals surface area contributed by atoms with Gasteiger partial charge in [0.25, 0.3) is 0 Å². The van der Waals surface area contributed by atoms with Gasteiger partial charge in [-0.1, -0.05) is 42.0 Å². The zero-order valence-electron chi connectivity index (χ0n) is 13.1. The number of hydrogen-bond donors (Lipinski definition) is 0. The van der Waals surface area contributed by atoms with Gasteiger partial charge < -0.3 is 9.47 Å². The van der Waals surface area contributed by atoms with Crippen molar-refractivity contribution in [2.75, 3.05) is 0 Å². The van der Waals surface area contributed by atoms with E-state index in [0.717, 1.165) is 5.57 Å². The van der Waals surface area contributed by atoms with Crippen LogP contribution in [-0.2, 0) is 14.3 Å². The number of carbonyl (C=O) groups is 1. The van der Waals surface area contributed by atoms with Crippen LogP contribution >= 0.6 is 0 Å². The Bertz CT molecular complexity index is 596. The number of esters is 1. The molecule has 1 atom stereocenters. The fraction of sp³-hybridized carbons (Fsp3) is 0.389. The molecule has 0 amide bonds. The third-order valence-electron chi connectivity index (χ3n) is 3.45. The van der Waals surface area contributed by atoms with E-state index in [2.05, 4.69) is 31.7 Å². The molecule has 0 saturated carbocycles. The molecule has 0 N–H and O–H groups in total. The van der Waals surface area contributed by atoms with Crippen LogP contribution in [0.4, 0.5) is 0 Å². The van der Waals surface area contributed by atoms with Crippen molar-refractivity contribution in [1.29, 1.82) is 0 Å². The van der Waals surface area contributed by atoms with Gasteiger partial charge in [0, 0.05) is 26.2 Å². The topological polar surface area (TPSA) is 35.5 Å². The second-order valence-electron chi connectivity index (χ2n) is 6.05. The summed E-state index contributed by atoms with van der Waals surface area (Å²) in [5, 5.41) is 0. The molecule has 1 aromatic carbocycles. The second-order valence-corrected chi connectivity index (χ2v) is 6.05. The number of benzene rings is 1. The minimum Gasteiger partial charge on any atom is -0.457 e. The summed E-state index contributed by atoms with van der Waals surface area (Å²) in [5.74, 6) is -0.498. The summed E-state index contributed by atoms with van der Waals surface area (Å²) >= 11 is 0. The van der Waals surface area contributed by atoms with Gasteiger partial charge in [-0.3, -0.25) is 0 Å². The molecule has 0 spiro atoms. The van der Waals surface area contributed by atoms with Gasteiger partial charge in [-0.05, 0) is 19.4 Å². The number of allylic oxidation sites excluding steroid dienone is 2. The fourth-order valence-electron chi connectivity index (χ4n) is 2.53. The molecule has 1 aliphatic heterocycles. The number of aryl methyl sites for hydroxylation is 1. The van der Waals surface area contributed by atoms with E-state index in [9.17, 15) is 4.79 Å². The van der Waals surface area contributed by atoms with Crippen molar-refractivity contribution in [3.63, 3.8) is 0 Å². The molecule has 21 heavy (non-hydrogen) atoms. The van der Waals surface area contributed by atoms with Crippen molar-refractivity contribution in [3.8, 4) is 0 Å². The highest BCUT2D eigenvalue weighted by atomic mass is 16.7. The Morgan fingerprint density at radius 1 is 1.33 bits per heavy atom. The molecule has 0 saturated heterocycles. The Balaban J connectivity index is 2.25. The van der Waals surface area contributed by atoms with Gasteiger partial charge in [0.15, 0.2) is 0 Å². The SMILES string of the molecule is C=C(C)[C@H](CC1=CC(=O)OC(C)(C)O1)c1cccc(C)c1. The monoisotopic (exact) mass is 286 g/mol. The molecule has 1 aromatic rings. The predicted molar refractivity (Wildman–Crippen MR) is 82.7 cm³/mol. The van der Waals surface area contributed by atoms with E-state index in [1.165, 1.54) is 17.2 Å². The molecule has 1 heterocycles. The van der Waals surface area contributed by atoms with Crippen molar-refractivity contribution in [1.82, 2.24) is 0 Å². The average Bonchev–Trinajstić information content (AvgIpc) is 2.33. The summed E-state index contributed by atoms with van der Waals surface area (Å²) in [6, 6.07) is 8.33. The Morgan fingerprint density at radius 2 is 2.05 bits per heavy atom. The Hall–Kier alpha value is -2.03. The molecule has 0 unspecified atom stereocenters. The summed E-state index contributed by atoms with van der Waals surface area (Å²) in [4.78, 5) is 11.6. The highest BCUT2D eigenvalue weighted by Gasteiger charge is 2.31. The van der Waals surface area contributed by atoms with Gasteiger partial charge in [-0.2, -0.15) is 0 Å². The Labute approximate surface area is 126 Å². The number of carbonyl (C=O) groups excluding carboxylic acids is 1. The molecule has 2 rings (SSSR count). The number of cyclic esters (lactones) is 1. The van der Waals surface area contributed by atoms with E-state index in [1.807, 2.05) is 13.0 Å². The Morgan fingerprint density at radius 3 is 2.62 bits per heavy atom. The van der Waals surface area contributed by atoms with Gasteiger partial charge in [-0.15, -0.1) is 0 Å². The van der Waals surface area contributed by atoms with Crippen molar-refractivity contribution in [2.45, 2.75) is 45.8 Å². The first kappa shape index (κ1) is 15.4. The largest absolute Gasteiger partial charge is 0.457 e. The van der Waals surface area contributed by atoms with Gasteiger partial charge >= 0.3 is 5.97 Å². The van der Waals surface area contributed by atoms with Crippen LogP contribution in [0.1, 0.15) is 44.2 Å². The molecule has 0 bridgehead atoms. The van der Waals surface area contributed by atoms with Crippen LogP contribution < -0.4 is 0 Å². The molecule has 0 fully saturated rings. The first-order valence-corrected chi connectivity index (χ1v) is 7.11. The fourth-order valence-corrected chi connectivity index (χ4v) is 2.53. The minimum absolute atomic E-state index is 0.123. The number of ether oxygens (including phenoxy) is 2. The summed E-state index contributed by atoms with van der Waals surface area (Å²) in [6.45, 7) is 11.6. The highest BCUT2D eigenvalue weighted by molar-refractivity contribution is 5.83. The first-order chi connectivity index (χ1) is 9.77. The zero-order chi connectivity index (χ0) is 15.6. The van der Waals surface area contributed by atoms with Gasteiger partial charge in [0.1, 0.15) is 5.76 Å². The lowest BCUT2D eigenvalue weighted by atomic mass is 9.88. The molecule has 3 nitrogen and oxygen atoms in total. The van der Waals surface area contributed by atoms with Gasteiger partial charge in [0.05, 0.1) is 6.08 Å². The number of rotatable bonds is 4. The van der Waals surface area contributed by atoms with E-state index in [4.69, 9.17) is 9.47 Å². The Kier molecular flexibility index (Phi) is 4.21. The van der Waals surface area contributed by atoms with Gasteiger partial charge in [0.2, 0.25) is 5.79 Å². The predicted octanol–water partition coefficient (Wildman–Crippen LogP) is 4.24. The third-order valence-corrected chi connectivity index (χ3v) is 3.45. The maximum atomic E-state index is 11.6. The maximum Gasteiger partial charge on any atom is 0.337 e. The summed E-state index contributed by atoms with van der Waals surface area (Å²) < 4.78 is 10.9. The number of hydrogen-bond acceptors (Lipinski definition) is 3. The van der Waals surface area contributed by atoms with Crippen LogP contribution in [0.3, 0.4) is 0 Å². The molecule has 1 aliphatic rings. The molecule has 0 aliphatic carbocycles. The van der Waals surface area contributed by atoms with Crippen LogP contribution in [0, 0.1) is 6.92 Å². The summed E-state index contributed by atoms with van der Waals surface area (Å²) in [5.41, 5.74) is 3.43. The lowest BCUT2D eigenvalue weighted by Gasteiger charge is -2.32. The van der Waals surface area contributed by atoms with E-state index in [0.29, 0.717) is 12.2 Å². The zero-order valence-corrected chi connectivity index (χ0v) is 13.1. The van der Waals surface area contributed by atoms with Crippen molar-refractivity contribution in [3.05, 3.63) is 59.4 Å². The van der Waals surface area contributed by atoms with Gasteiger partial charge in [-0.25, -0.2) is 4.79 Å². The summed E-state index contributed by atoms with van der Waals surface area (Å²) in [7, 11) is 0. The smallest absolute Gasteiger partial charge is 0.337 e. The van der Waals surface area contributed by atoms with Crippen LogP contribution in [0.5, 0.6) is 0 Å². The van der Waals surface area contributed by atoms with Crippen LogP contribution in [0.25, 0.3) is 0 Å². The van der Waals surface area contributed by atoms with Crippen molar-refractivity contribution >= 4 is 5.97 Å². The lowest BCUT2D eigenvalue weighted by Crippen LogP contribution is -2.34. The lowest BCUT2D eigenvalue weighted by molar-refractivity contribution is -0.206. The minimum atomic E-state index is -0.909. The molecule has 3 heteroatoms. The molecule has 0 aromatic heterocycles. The summed E-state index contributed by atoms with van der Waals surface area (Å²) in [6.07, 6.45) is 2.04. The van der Waals surface area contributed by atoms with Crippen molar-refractivity contribution < 1.29 is 14.3 Å². The third kappa shape index (κ3) is 3.97. The first-order valence-electron chi connectivity index (χ1n) is 7.11. The van der Waals surface area contributed by atoms with Crippen LogP contribution in [0.15, 0.2) is 48.3 Å². The normalized spacial score (nSPS) is 18.3. The second kappa shape index (κ2) is 5.76.